The Morgan fingerprint density at radius 3 is 2.67 bits per heavy atom. The van der Waals surface area contributed by atoms with E-state index in [4.69, 9.17) is 11.0 Å². The van der Waals surface area contributed by atoms with Gasteiger partial charge in [0.05, 0.1) is 11.6 Å². The first-order valence-corrected chi connectivity index (χ1v) is 5.97. The lowest BCUT2D eigenvalue weighted by atomic mass is 9.98. The van der Waals surface area contributed by atoms with Crippen LogP contribution in [0.4, 0.5) is 0 Å². The summed E-state index contributed by atoms with van der Waals surface area (Å²) in [5, 5.41) is 12.3. The number of piperazine rings is 1. The van der Waals surface area contributed by atoms with E-state index in [1.54, 1.807) is 18.2 Å². The number of rotatable bonds is 3. The summed E-state index contributed by atoms with van der Waals surface area (Å²) in [6.07, 6.45) is 0. The predicted molar refractivity (Wildman–Crippen MR) is 67.5 cm³/mol. The monoisotopic (exact) mass is 244 g/mol. The molecule has 1 aromatic rings. The average Bonchev–Trinajstić information content (AvgIpc) is 2.40. The van der Waals surface area contributed by atoms with Crippen molar-refractivity contribution in [2.45, 2.75) is 6.04 Å². The van der Waals surface area contributed by atoms with Crippen molar-refractivity contribution in [1.29, 1.82) is 5.26 Å². The lowest BCUT2D eigenvalue weighted by molar-refractivity contribution is -0.123. The molecule has 1 atom stereocenters. The van der Waals surface area contributed by atoms with Crippen molar-refractivity contribution in [3.8, 4) is 6.07 Å². The zero-order chi connectivity index (χ0) is 13.0. The Balaban J connectivity index is 2.35. The molecule has 5 nitrogen and oxygen atoms in total. The quantitative estimate of drug-likeness (QED) is 0.783. The fourth-order valence-corrected chi connectivity index (χ4v) is 2.31. The van der Waals surface area contributed by atoms with E-state index in [0.717, 1.165) is 26.2 Å². The molecule has 1 heterocycles. The van der Waals surface area contributed by atoms with E-state index in [1.165, 1.54) is 0 Å². The van der Waals surface area contributed by atoms with Gasteiger partial charge in [-0.3, -0.25) is 9.69 Å². The minimum Gasteiger partial charge on any atom is -0.368 e. The van der Waals surface area contributed by atoms with Crippen molar-refractivity contribution in [3.05, 3.63) is 35.4 Å². The average molecular weight is 244 g/mol. The summed E-state index contributed by atoms with van der Waals surface area (Å²) in [6.45, 7) is 3.18. The maximum Gasteiger partial charge on any atom is 0.239 e. The molecule has 18 heavy (non-hydrogen) atoms. The molecule has 1 amide bonds. The Morgan fingerprint density at radius 2 is 2.06 bits per heavy atom. The van der Waals surface area contributed by atoms with Crippen LogP contribution in [0.5, 0.6) is 0 Å². The van der Waals surface area contributed by atoms with Gasteiger partial charge in [0.1, 0.15) is 6.04 Å². The topological polar surface area (TPSA) is 82.1 Å². The van der Waals surface area contributed by atoms with Crippen LogP contribution in [0.1, 0.15) is 17.2 Å². The molecule has 1 aromatic carbocycles. The summed E-state index contributed by atoms with van der Waals surface area (Å²) in [5.74, 6) is -0.403. The highest BCUT2D eigenvalue weighted by Gasteiger charge is 2.28. The van der Waals surface area contributed by atoms with Crippen molar-refractivity contribution < 1.29 is 4.79 Å². The third-order valence-electron chi connectivity index (χ3n) is 3.16. The fraction of sp³-hybridized carbons (Fsp3) is 0.385. The van der Waals surface area contributed by atoms with Crippen molar-refractivity contribution in [3.63, 3.8) is 0 Å². The molecule has 0 spiro atoms. The van der Waals surface area contributed by atoms with Crippen molar-refractivity contribution in [2.75, 3.05) is 26.2 Å². The van der Waals surface area contributed by atoms with Crippen LogP contribution in [0.2, 0.25) is 0 Å². The maximum absolute atomic E-state index is 11.7. The molecule has 94 valence electrons. The number of hydrogen-bond acceptors (Lipinski definition) is 4. The smallest absolute Gasteiger partial charge is 0.239 e. The van der Waals surface area contributed by atoms with Gasteiger partial charge in [0.15, 0.2) is 0 Å². The van der Waals surface area contributed by atoms with E-state index in [0.29, 0.717) is 11.1 Å². The van der Waals surface area contributed by atoms with E-state index in [-0.39, 0.29) is 0 Å². The predicted octanol–water partition coefficient (Wildman–Crippen LogP) is -0.0101. The lowest BCUT2D eigenvalue weighted by Gasteiger charge is -2.33. The molecule has 1 aliphatic rings. The maximum atomic E-state index is 11.7. The van der Waals surface area contributed by atoms with Crippen LogP contribution in [-0.4, -0.2) is 37.0 Å². The molecular formula is C13H16N4O. The van der Waals surface area contributed by atoms with Gasteiger partial charge in [0, 0.05) is 26.2 Å². The first-order chi connectivity index (χ1) is 8.74. The van der Waals surface area contributed by atoms with Gasteiger partial charge >= 0.3 is 0 Å². The number of nitrogens with two attached hydrogens (primary N) is 1. The first-order valence-electron chi connectivity index (χ1n) is 5.97. The van der Waals surface area contributed by atoms with Crippen LogP contribution >= 0.6 is 0 Å². The van der Waals surface area contributed by atoms with Gasteiger partial charge in [-0.05, 0) is 11.6 Å². The van der Waals surface area contributed by atoms with Crippen molar-refractivity contribution in [1.82, 2.24) is 10.2 Å². The van der Waals surface area contributed by atoms with Gasteiger partial charge in [0.2, 0.25) is 5.91 Å². The molecule has 3 N–H and O–H groups in total. The third-order valence-corrected chi connectivity index (χ3v) is 3.16. The van der Waals surface area contributed by atoms with Gasteiger partial charge in [-0.15, -0.1) is 0 Å². The molecule has 1 unspecified atom stereocenters. The second kappa shape index (κ2) is 5.63. The van der Waals surface area contributed by atoms with Crippen LogP contribution in [-0.2, 0) is 4.79 Å². The summed E-state index contributed by atoms with van der Waals surface area (Å²) >= 11 is 0. The number of nitrogens with zero attached hydrogens (tertiary/aromatic N) is 2. The third kappa shape index (κ3) is 2.50. The van der Waals surface area contributed by atoms with Gasteiger partial charge in [0.25, 0.3) is 0 Å². The molecule has 1 aliphatic heterocycles. The van der Waals surface area contributed by atoms with Crippen LogP contribution < -0.4 is 11.1 Å². The molecule has 2 rings (SSSR count). The van der Waals surface area contributed by atoms with E-state index < -0.39 is 11.9 Å². The van der Waals surface area contributed by atoms with E-state index in [1.807, 2.05) is 11.0 Å². The minimum atomic E-state index is -0.511. The van der Waals surface area contributed by atoms with Crippen LogP contribution in [0, 0.1) is 11.3 Å². The molecule has 0 aliphatic carbocycles. The highest BCUT2D eigenvalue weighted by Crippen LogP contribution is 2.23. The SMILES string of the molecule is N#Cc1ccccc1C(C(N)=O)N1CCNCC1. The fourth-order valence-electron chi connectivity index (χ4n) is 2.31. The van der Waals surface area contributed by atoms with Crippen molar-refractivity contribution in [2.24, 2.45) is 5.73 Å². The van der Waals surface area contributed by atoms with Gasteiger partial charge in [-0.1, -0.05) is 18.2 Å². The minimum absolute atomic E-state index is 0.403. The van der Waals surface area contributed by atoms with Gasteiger partial charge in [-0.25, -0.2) is 0 Å². The molecule has 1 saturated heterocycles. The molecule has 0 radical (unpaired) electrons. The standard InChI is InChI=1S/C13H16N4O/c14-9-10-3-1-2-4-11(10)12(13(15)18)17-7-5-16-6-8-17/h1-4,12,16H,5-8H2,(H2,15,18). The Kier molecular flexibility index (Phi) is 3.92. The van der Waals surface area contributed by atoms with E-state index >= 15 is 0 Å². The molecule has 0 saturated carbocycles. The first kappa shape index (κ1) is 12.6. The van der Waals surface area contributed by atoms with Gasteiger partial charge in [-0.2, -0.15) is 5.26 Å². The number of primary amides is 1. The number of amides is 1. The highest BCUT2D eigenvalue weighted by atomic mass is 16.1. The summed E-state index contributed by atoms with van der Waals surface area (Å²) in [4.78, 5) is 13.7. The van der Waals surface area contributed by atoms with Crippen LogP contribution in [0.3, 0.4) is 0 Å². The number of carbonyl (C=O) groups is 1. The molecule has 0 bridgehead atoms. The van der Waals surface area contributed by atoms with Crippen LogP contribution in [0.15, 0.2) is 24.3 Å². The van der Waals surface area contributed by atoms with Crippen LogP contribution in [0.25, 0.3) is 0 Å². The molecular weight excluding hydrogens is 228 g/mol. The van der Waals surface area contributed by atoms with Crippen molar-refractivity contribution >= 4 is 5.91 Å². The van der Waals surface area contributed by atoms with E-state index in [9.17, 15) is 4.79 Å². The zero-order valence-electron chi connectivity index (χ0n) is 10.1. The highest BCUT2D eigenvalue weighted by molar-refractivity contribution is 5.82. The zero-order valence-corrected chi connectivity index (χ0v) is 10.1. The van der Waals surface area contributed by atoms with Gasteiger partial charge < -0.3 is 11.1 Å². The Hall–Kier alpha value is -1.90. The number of benzene rings is 1. The second-order valence-electron chi connectivity index (χ2n) is 4.29. The lowest BCUT2D eigenvalue weighted by Crippen LogP contribution is -2.48. The largest absolute Gasteiger partial charge is 0.368 e. The molecule has 0 aromatic heterocycles. The summed E-state index contributed by atoms with van der Waals surface area (Å²) in [7, 11) is 0. The number of hydrogen-bond donors (Lipinski definition) is 2. The number of nitriles is 1. The van der Waals surface area contributed by atoms with E-state index in [2.05, 4.69) is 11.4 Å². The molecule has 1 fully saturated rings. The number of nitrogens with one attached hydrogen (secondary N) is 1. The summed E-state index contributed by atoms with van der Waals surface area (Å²) < 4.78 is 0. The second-order valence-corrected chi connectivity index (χ2v) is 4.29. The Labute approximate surface area is 106 Å². The summed E-state index contributed by atoms with van der Waals surface area (Å²) in [6, 6.07) is 8.74. The number of carbonyl (C=O) groups excluding carboxylic acids is 1. The normalized spacial score (nSPS) is 17.9. The Bertz CT molecular complexity index is 474. The Morgan fingerprint density at radius 1 is 1.39 bits per heavy atom. The molecule has 5 heteroatoms. The summed E-state index contributed by atoms with van der Waals surface area (Å²) in [5.41, 5.74) is 6.73.